The number of benzene rings is 1. The van der Waals surface area contributed by atoms with Crippen LogP contribution in [0.1, 0.15) is 12.8 Å². The number of ether oxygens (including phenoxy) is 2. The summed E-state index contributed by atoms with van der Waals surface area (Å²) >= 11 is 0. The fourth-order valence-electron chi connectivity index (χ4n) is 2.86. The van der Waals surface area contributed by atoms with Gasteiger partial charge in [-0.05, 0) is 42.3 Å². The van der Waals surface area contributed by atoms with E-state index in [1.165, 1.54) is 0 Å². The molecule has 0 atom stereocenters. The lowest BCUT2D eigenvalue weighted by molar-refractivity contribution is -0.134. The van der Waals surface area contributed by atoms with Crippen molar-refractivity contribution in [2.45, 2.75) is 19.0 Å². The Morgan fingerprint density at radius 1 is 1.00 bits per heavy atom. The van der Waals surface area contributed by atoms with Crippen LogP contribution in [0.2, 0.25) is 0 Å². The Morgan fingerprint density at radius 2 is 1.69 bits per heavy atom. The number of nitrogen functional groups attached to an aromatic ring is 1. The minimum Gasteiger partial charge on any atom is -0.497 e. The molecule has 3 aromatic rings. The maximum absolute atomic E-state index is 12.2. The highest BCUT2D eigenvalue weighted by Gasteiger charge is 2.25. The fraction of sp³-hybridized carbons (Fsp3) is 0.300. The van der Waals surface area contributed by atoms with Crippen molar-refractivity contribution in [2.24, 2.45) is 0 Å². The van der Waals surface area contributed by atoms with Crippen molar-refractivity contribution in [1.82, 2.24) is 9.97 Å². The number of aromatic nitrogens is 2. The van der Waals surface area contributed by atoms with Crippen LogP contribution in [0.25, 0.3) is 22.2 Å². The Morgan fingerprint density at radius 3 is 2.31 bits per heavy atom. The molecule has 0 aliphatic carbocycles. The van der Waals surface area contributed by atoms with E-state index in [-0.39, 0.29) is 18.8 Å². The molecule has 0 spiro atoms. The van der Waals surface area contributed by atoms with Crippen molar-refractivity contribution < 1.29 is 22.6 Å². The van der Waals surface area contributed by atoms with Crippen molar-refractivity contribution >= 4 is 22.7 Å². The third-order valence-electron chi connectivity index (χ3n) is 4.31. The lowest BCUT2D eigenvalue weighted by Gasteiger charge is -2.12. The maximum Gasteiger partial charge on any atom is 0.389 e. The number of nitrogens with one attached hydrogen (secondary N) is 1. The summed E-state index contributed by atoms with van der Waals surface area (Å²) < 4.78 is 47.3. The summed E-state index contributed by atoms with van der Waals surface area (Å²) in [4.78, 5) is 8.70. The minimum atomic E-state index is -4.16. The second-order valence-electron chi connectivity index (χ2n) is 6.41. The van der Waals surface area contributed by atoms with E-state index in [0.29, 0.717) is 28.5 Å². The minimum absolute atomic E-state index is 0.0323. The molecule has 3 rings (SSSR count). The average Bonchev–Trinajstić information content (AvgIpc) is 2.69. The van der Waals surface area contributed by atoms with Crippen LogP contribution < -0.4 is 20.5 Å². The molecular weight excluding hydrogens is 385 g/mol. The average molecular weight is 406 g/mol. The summed E-state index contributed by atoms with van der Waals surface area (Å²) in [5, 5.41) is 3.63. The summed E-state index contributed by atoms with van der Waals surface area (Å²) in [7, 11) is 3.13. The number of anilines is 2. The predicted molar refractivity (Wildman–Crippen MR) is 106 cm³/mol. The highest BCUT2D eigenvalue weighted by molar-refractivity contribution is 5.88. The number of nitrogens with zero attached hydrogens (tertiary/aromatic N) is 2. The van der Waals surface area contributed by atoms with Crippen LogP contribution in [0.4, 0.5) is 24.8 Å². The van der Waals surface area contributed by atoms with E-state index >= 15 is 0 Å². The molecule has 0 amide bonds. The van der Waals surface area contributed by atoms with Crippen LogP contribution in [0, 0.1) is 0 Å². The van der Waals surface area contributed by atoms with Gasteiger partial charge in [0.2, 0.25) is 0 Å². The number of nitrogens with two attached hydrogens (primary N) is 1. The second kappa shape index (κ2) is 8.42. The van der Waals surface area contributed by atoms with Crippen molar-refractivity contribution in [3.8, 4) is 22.6 Å². The summed E-state index contributed by atoms with van der Waals surface area (Å²) in [6.45, 7) is 0.162. The van der Waals surface area contributed by atoms with Gasteiger partial charge in [0.1, 0.15) is 23.1 Å². The third kappa shape index (κ3) is 5.18. The Balaban J connectivity index is 1.85. The van der Waals surface area contributed by atoms with Crippen LogP contribution in [0.5, 0.6) is 11.5 Å². The highest BCUT2D eigenvalue weighted by atomic mass is 19.4. The van der Waals surface area contributed by atoms with Gasteiger partial charge in [0.25, 0.3) is 0 Å². The molecule has 0 saturated heterocycles. The van der Waals surface area contributed by atoms with E-state index in [0.717, 1.165) is 10.9 Å². The van der Waals surface area contributed by atoms with Gasteiger partial charge in [0.15, 0.2) is 5.65 Å². The molecule has 154 valence electrons. The van der Waals surface area contributed by atoms with Crippen LogP contribution in [-0.2, 0) is 0 Å². The molecule has 0 radical (unpaired) electrons. The Labute approximate surface area is 165 Å². The number of fused-ring (bicyclic) bond motifs is 1. The third-order valence-corrected chi connectivity index (χ3v) is 4.31. The van der Waals surface area contributed by atoms with E-state index in [1.54, 1.807) is 32.4 Å². The number of alkyl halides is 3. The van der Waals surface area contributed by atoms with Crippen molar-refractivity contribution in [3.05, 3.63) is 36.4 Å². The Kier molecular flexibility index (Phi) is 5.95. The molecule has 3 N–H and O–H groups in total. The molecule has 0 aliphatic rings. The summed E-state index contributed by atoms with van der Waals surface area (Å²) in [5.41, 5.74) is 8.02. The first-order chi connectivity index (χ1) is 13.8. The molecule has 0 unspecified atom stereocenters. The zero-order valence-electron chi connectivity index (χ0n) is 16.0. The van der Waals surface area contributed by atoms with E-state index in [9.17, 15) is 13.2 Å². The van der Waals surface area contributed by atoms with Gasteiger partial charge in [-0.25, -0.2) is 9.97 Å². The first-order valence-electron chi connectivity index (χ1n) is 8.90. The summed E-state index contributed by atoms with van der Waals surface area (Å²) in [5.74, 6) is 1.96. The van der Waals surface area contributed by atoms with Crippen LogP contribution in [-0.4, -0.2) is 36.9 Å². The van der Waals surface area contributed by atoms with Gasteiger partial charge in [-0.15, -0.1) is 0 Å². The quantitative estimate of drug-likeness (QED) is 0.556. The topological polar surface area (TPSA) is 82.3 Å². The number of rotatable bonds is 7. The van der Waals surface area contributed by atoms with Gasteiger partial charge in [0.05, 0.1) is 14.2 Å². The SMILES string of the molecule is COc1cc(OC)cc(-c2cc3ccc(NCCCC(F)(F)F)nc3nc2N)c1. The number of pyridine rings is 2. The first-order valence-corrected chi connectivity index (χ1v) is 8.90. The standard InChI is InChI=1S/C20H21F3N4O2/c1-28-14-8-13(9-15(11-14)29-2)16-10-12-4-5-17(26-19(12)27-18(16)24)25-7-3-6-20(21,22)23/h4-5,8-11H,3,6-7H2,1-2H3,(H3,24,25,26,27). The summed E-state index contributed by atoms with van der Waals surface area (Å²) in [6.07, 6.45) is -5.03. The monoisotopic (exact) mass is 406 g/mol. The maximum atomic E-state index is 12.2. The smallest absolute Gasteiger partial charge is 0.389 e. The molecule has 1 aromatic carbocycles. The molecule has 0 saturated carbocycles. The van der Waals surface area contributed by atoms with Crippen LogP contribution in [0.15, 0.2) is 36.4 Å². The zero-order chi connectivity index (χ0) is 21.0. The van der Waals surface area contributed by atoms with Crippen LogP contribution in [0.3, 0.4) is 0 Å². The molecule has 0 bridgehead atoms. The number of hydrogen-bond acceptors (Lipinski definition) is 6. The molecular formula is C20H21F3N4O2. The lowest BCUT2D eigenvalue weighted by Crippen LogP contribution is -2.11. The number of halogens is 3. The van der Waals surface area contributed by atoms with Crippen molar-refractivity contribution in [1.29, 1.82) is 0 Å². The molecule has 0 aliphatic heterocycles. The Bertz CT molecular complexity index is 987. The van der Waals surface area contributed by atoms with Gasteiger partial charge >= 0.3 is 6.18 Å². The highest BCUT2D eigenvalue weighted by Crippen LogP contribution is 2.34. The van der Waals surface area contributed by atoms with Gasteiger partial charge in [-0.1, -0.05) is 0 Å². The van der Waals surface area contributed by atoms with Crippen LogP contribution >= 0.6 is 0 Å². The van der Waals surface area contributed by atoms with E-state index < -0.39 is 12.6 Å². The van der Waals surface area contributed by atoms with E-state index in [1.807, 2.05) is 18.2 Å². The largest absolute Gasteiger partial charge is 0.497 e. The van der Waals surface area contributed by atoms with Gasteiger partial charge in [-0.2, -0.15) is 13.2 Å². The van der Waals surface area contributed by atoms with Gasteiger partial charge in [0, 0.05) is 30.0 Å². The molecule has 2 heterocycles. The van der Waals surface area contributed by atoms with Gasteiger partial charge in [-0.3, -0.25) is 0 Å². The van der Waals surface area contributed by atoms with Gasteiger partial charge < -0.3 is 20.5 Å². The molecule has 2 aromatic heterocycles. The van der Waals surface area contributed by atoms with Crippen molar-refractivity contribution in [3.63, 3.8) is 0 Å². The molecule has 9 heteroatoms. The molecule has 29 heavy (non-hydrogen) atoms. The second-order valence-corrected chi connectivity index (χ2v) is 6.41. The normalized spacial score (nSPS) is 11.5. The first kappa shape index (κ1) is 20.5. The molecule has 6 nitrogen and oxygen atoms in total. The number of hydrogen-bond donors (Lipinski definition) is 2. The number of methoxy groups -OCH3 is 2. The zero-order valence-corrected chi connectivity index (χ0v) is 16.0. The Hall–Kier alpha value is -3.23. The van der Waals surface area contributed by atoms with Crippen molar-refractivity contribution in [2.75, 3.05) is 31.8 Å². The van der Waals surface area contributed by atoms with E-state index in [4.69, 9.17) is 15.2 Å². The predicted octanol–water partition coefficient (Wildman–Crippen LogP) is 4.65. The van der Waals surface area contributed by atoms with E-state index in [2.05, 4.69) is 15.3 Å². The molecule has 0 fully saturated rings. The fourth-order valence-corrected chi connectivity index (χ4v) is 2.86. The lowest BCUT2D eigenvalue weighted by atomic mass is 10.0. The summed E-state index contributed by atoms with van der Waals surface area (Å²) in [6, 6.07) is 10.8.